The Kier molecular flexibility index (Phi) is 6.74. The summed E-state index contributed by atoms with van der Waals surface area (Å²) in [5.41, 5.74) is 8.82. The van der Waals surface area contributed by atoms with E-state index in [0.717, 1.165) is 67.0 Å². The van der Waals surface area contributed by atoms with Gasteiger partial charge in [0, 0.05) is 43.5 Å². The van der Waals surface area contributed by atoms with Crippen LogP contribution in [0, 0.1) is 0 Å². The molecule has 0 bridgehead atoms. The van der Waals surface area contributed by atoms with Crippen molar-refractivity contribution in [2.24, 2.45) is 0 Å². The number of halogens is 3. The smallest absolute Gasteiger partial charge is 0.406 e. The molecular weight excluding hydrogens is 473 g/mol. The molecule has 0 saturated carbocycles. The number of H-pyrrole nitrogens is 1. The van der Waals surface area contributed by atoms with Crippen molar-refractivity contribution in [2.75, 3.05) is 31.9 Å². The van der Waals surface area contributed by atoms with Crippen LogP contribution in [0.3, 0.4) is 0 Å². The summed E-state index contributed by atoms with van der Waals surface area (Å²) < 4.78 is 41.3. The van der Waals surface area contributed by atoms with Gasteiger partial charge in [0.2, 0.25) is 0 Å². The predicted octanol–water partition coefficient (Wildman–Crippen LogP) is 4.32. The number of nitrogens with one attached hydrogen (secondary N) is 2. The molecule has 5 rings (SSSR count). The van der Waals surface area contributed by atoms with Gasteiger partial charge in [-0.1, -0.05) is 6.42 Å². The monoisotopic (exact) mass is 502 g/mol. The molecule has 11 heteroatoms. The second kappa shape index (κ2) is 9.96. The second-order valence-corrected chi connectivity index (χ2v) is 9.48. The minimum Gasteiger partial charge on any atom is -0.406 e. The quantitative estimate of drug-likeness (QED) is 0.459. The van der Waals surface area contributed by atoms with Crippen LogP contribution < -0.4 is 15.8 Å². The van der Waals surface area contributed by atoms with Crippen molar-refractivity contribution in [3.05, 3.63) is 47.4 Å². The number of nitrogens with two attached hydrogens (primary N) is 1. The van der Waals surface area contributed by atoms with Gasteiger partial charge in [0.25, 0.3) is 5.91 Å². The number of likely N-dealkylation sites (tertiary alicyclic amines) is 1. The predicted molar refractivity (Wildman–Crippen MR) is 129 cm³/mol. The van der Waals surface area contributed by atoms with Crippen molar-refractivity contribution in [3.63, 3.8) is 0 Å². The zero-order valence-electron chi connectivity index (χ0n) is 19.8. The third-order valence-electron chi connectivity index (χ3n) is 7.08. The molecule has 0 aliphatic carbocycles. The van der Waals surface area contributed by atoms with Crippen LogP contribution >= 0.6 is 0 Å². The summed E-state index contributed by atoms with van der Waals surface area (Å²) in [4.78, 5) is 27.6. The average molecular weight is 503 g/mol. The summed E-state index contributed by atoms with van der Waals surface area (Å²) in [6.45, 7) is 2.96. The number of aromatic amines is 1. The van der Waals surface area contributed by atoms with Crippen LogP contribution in [0.5, 0.6) is 5.75 Å². The van der Waals surface area contributed by atoms with Gasteiger partial charge in [0.15, 0.2) is 5.65 Å². The minimum atomic E-state index is -4.82. The number of hydrogen-bond donors (Lipinski definition) is 3. The SMILES string of the molecule is Nc1cc(OC(F)(F)F)ccc1C(=O)N1CCC(c2ccnc3[nH]c([C@H]4CCCCNC4)nc23)CC1. The summed E-state index contributed by atoms with van der Waals surface area (Å²) in [5, 5.41) is 3.48. The summed E-state index contributed by atoms with van der Waals surface area (Å²) >= 11 is 0. The Morgan fingerprint density at radius 1 is 1.11 bits per heavy atom. The van der Waals surface area contributed by atoms with Gasteiger partial charge in [-0.05, 0) is 61.9 Å². The molecule has 192 valence electrons. The second-order valence-electron chi connectivity index (χ2n) is 9.48. The Morgan fingerprint density at radius 2 is 1.92 bits per heavy atom. The van der Waals surface area contributed by atoms with E-state index in [1.807, 2.05) is 6.07 Å². The number of piperidine rings is 1. The van der Waals surface area contributed by atoms with Gasteiger partial charge < -0.3 is 25.7 Å². The van der Waals surface area contributed by atoms with Gasteiger partial charge in [-0.15, -0.1) is 13.2 Å². The van der Waals surface area contributed by atoms with Crippen LogP contribution in [0.25, 0.3) is 11.2 Å². The van der Waals surface area contributed by atoms with Crippen LogP contribution in [0.1, 0.15) is 65.7 Å². The number of hydrogen-bond acceptors (Lipinski definition) is 6. The molecule has 4 heterocycles. The fourth-order valence-corrected chi connectivity index (χ4v) is 5.22. The molecule has 36 heavy (non-hydrogen) atoms. The summed E-state index contributed by atoms with van der Waals surface area (Å²) in [6.07, 6.45) is 1.90. The number of aromatic nitrogens is 3. The Hall–Kier alpha value is -3.34. The van der Waals surface area contributed by atoms with E-state index in [-0.39, 0.29) is 23.1 Å². The van der Waals surface area contributed by atoms with E-state index in [1.165, 1.54) is 18.9 Å². The van der Waals surface area contributed by atoms with Crippen LogP contribution in [-0.2, 0) is 0 Å². The lowest BCUT2D eigenvalue weighted by atomic mass is 9.89. The number of nitrogens with zero attached hydrogens (tertiary/aromatic N) is 3. The number of pyridine rings is 1. The average Bonchev–Trinajstić information content (AvgIpc) is 3.09. The normalized spacial score (nSPS) is 19.9. The third-order valence-corrected chi connectivity index (χ3v) is 7.08. The molecule has 8 nitrogen and oxygen atoms in total. The topological polar surface area (TPSA) is 109 Å². The van der Waals surface area contributed by atoms with Crippen LogP contribution in [0.4, 0.5) is 18.9 Å². The highest BCUT2D eigenvalue weighted by Gasteiger charge is 2.32. The number of nitrogen functional groups attached to an aromatic ring is 1. The number of imidazole rings is 1. The van der Waals surface area contributed by atoms with Crippen molar-refractivity contribution in [1.82, 2.24) is 25.2 Å². The molecule has 1 atom stereocenters. The first-order valence-electron chi connectivity index (χ1n) is 12.3. The van der Waals surface area contributed by atoms with Gasteiger partial charge in [0.1, 0.15) is 17.1 Å². The highest BCUT2D eigenvalue weighted by molar-refractivity contribution is 5.99. The number of carbonyl (C=O) groups is 1. The molecule has 1 amide bonds. The van der Waals surface area contributed by atoms with Crippen LogP contribution in [0.15, 0.2) is 30.5 Å². The Morgan fingerprint density at radius 3 is 2.67 bits per heavy atom. The van der Waals surface area contributed by atoms with Crippen molar-refractivity contribution in [3.8, 4) is 5.75 Å². The Labute approximate surface area is 206 Å². The van der Waals surface area contributed by atoms with Crippen molar-refractivity contribution in [2.45, 2.75) is 50.3 Å². The third kappa shape index (κ3) is 5.25. The zero-order chi connectivity index (χ0) is 25.3. The van der Waals surface area contributed by atoms with Gasteiger partial charge in [0.05, 0.1) is 5.56 Å². The number of carbonyl (C=O) groups excluding carboxylic acids is 1. The highest BCUT2D eigenvalue weighted by Crippen LogP contribution is 2.34. The van der Waals surface area contributed by atoms with Gasteiger partial charge in [-0.3, -0.25) is 4.79 Å². The maximum absolute atomic E-state index is 13.0. The van der Waals surface area contributed by atoms with Gasteiger partial charge in [-0.2, -0.15) is 0 Å². The number of amides is 1. The maximum Gasteiger partial charge on any atom is 0.573 e. The van der Waals surface area contributed by atoms with E-state index >= 15 is 0 Å². The molecule has 2 saturated heterocycles. The number of alkyl halides is 3. The summed E-state index contributed by atoms with van der Waals surface area (Å²) in [6, 6.07) is 5.43. The molecule has 0 radical (unpaired) electrons. The lowest BCUT2D eigenvalue weighted by Gasteiger charge is -2.32. The lowest BCUT2D eigenvalue weighted by molar-refractivity contribution is -0.274. The fraction of sp³-hybridized carbons (Fsp3) is 0.480. The van der Waals surface area contributed by atoms with E-state index < -0.39 is 12.1 Å². The van der Waals surface area contributed by atoms with Gasteiger partial charge in [-0.25, -0.2) is 9.97 Å². The minimum absolute atomic E-state index is 0.0447. The summed E-state index contributed by atoms with van der Waals surface area (Å²) in [5.74, 6) is 0.790. The molecule has 2 aliphatic heterocycles. The number of benzene rings is 1. The summed E-state index contributed by atoms with van der Waals surface area (Å²) in [7, 11) is 0. The molecule has 2 aliphatic rings. The van der Waals surface area contributed by atoms with Gasteiger partial charge >= 0.3 is 6.36 Å². The molecule has 2 aromatic heterocycles. The number of anilines is 1. The van der Waals surface area contributed by atoms with E-state index in [9.17, 15) is 18.0 Å². The fourth-order valence-electron chi connectivity index (χ4n) is 5.22. The van der Waals surface area contributed by atoms with E-state index in [0.29, 0.717) is 19.0 Å². The standard InChI is InChI=1S/C25H29F3N6O2/c26-25(27,28)36-17-4-5-19(20(29)13-17)24(35)34-11-7-15(8-12-34)18-6-10-31-23-21(18)32-22(33-23)16-3-1-2-9-30-14-16/h4-6,10,13,15-16,30H,1-3,7-9,11-12,14,29H2,(H,31,32,33)/t16-/m0/s1. The van der Waals surface area contributed by atoms with Crippen molar-refractivity contribution in [1.29, 1.82) is 0 Å². The first-order chi connectivity index (χ1) is 17.3. The number of ether oxygens (including phenoxy) is 1. The number of fused-ring (bicyclic) bond motifs is 1. The molecule has 2 fully saturated rings. The lowest BCUT2D eigenvalue weighted by Crippen LogP contribution is -2.38. The zero-order valence-corrected chi connectivity index (χ0v) is 19.8. The van der Waals surface area contributed by atoms with E-state index in [2.05, 4.69) is 20.0 Å². The maximum atomic E-state index is 13.0. The van der Waals surface area contributed by atoms with Crippen molar-refractivity contribution < 1.29 is 22.7 Å². The Bertz CT molecular complexity index is 1230. The van der Waals surface area contributed by atoms with Crippen LogP contribution in [0.2, 0.25) is 0 Å². The molecule has 1 aromatic carbocycles. The molecular formula is C25H29F3N6O2. The molecule has 3 aromatic rings. The Balaban J connectivity index is 1.27. The number of rotatable bonds is 4. The first-order valence-corrected chi connectivity index (χ1v) is 12.3. The van der Waals surface area contributed by atoms with E-state index in [1.54, 1.807) is 11.1 Å². The first kappa shape index (κ1) is 24.4. The largest absolute Gasteiger partial charge is 0.573 e. The van der Waals surface area contributed by atoms with Crippen molar-refractivity contribution >= 4 is 22.8 Å². The highest BCUT2D eigenvalue weighted by atomic mass is 19.4. The van der Waals surface area contributed by atoms with Crippen LogP contribution in [-0.4, -0.2) is 58.3 Å². The molecule has 0 unspecified atom stereocenters. The molecule has 0 spiro atoms. The molecule has 4 N–H and O–H groups in total. The van der Waals surface area contributed by atoms with E-state index in [4.69, 9.17) is 10.7 Å².